The molecule has 2 aromatic rings. The van der Waals surface area contributed by atoms with Crippen LogP contribution in [-0.2, 0) is 16.6 Å². The average molecular weight is 377 g/mol. The van der Waals surface area contributed by atoms with E-state index in [1.54, 1.807) is 0 Å². The van der Waals surface area contributed by atoms with Crippen LogP contribution in [0.2, 0.25) is 0 Å². The van der Waals surface area contributed by atoms with Crippen LogP contribution in [-0.4, -0.2) is 31.1 Å². The Balaban J connectivity index is 1.91. The number of aryl methyl sites for hydroxylation is 1. The number of halogens is 3. The molecule has 0 unspecified atom stereocenters. The summed E-state index contributed by atoms with van der Waals surface area (Å²) in [5.41, 5.74) is -0.300. The van der Waals surface area contributed by atoms with Gasteiger partial charge in [0.1, 0.15) is 5.75 Å². The Hall–Kier alpha value is -2.40. The van der Waals surface area contributed by atoms with Gasteiger partial charge in [-0.3, -0.25) is 4.79 Å². The number of ether oxygens (including phenoxy) is 1. The minimum atomic E-state index is -4.85. The van der Waals surface area contributed by atoms with Crippen molar-refractivity contribution in [3.63, 3.8) is 0 Å². The van der Waals surface area contributed by atoms with Gasteiger partial charge in [-0.25, -0.2) is 17.8 Å². The maximum absolute atomic E-state index is 12.1. The molecule has 25 heavy (non-hydrogen) atoms. The average Bonchev–Trinajstić information content (AvgIpc) is 2.52. The molecule has 0 fully saturated rings. The predicted molar refractivity (Wildman–Crippen MR) is 81.4 cm³/mol. The van der Waals surface area contributed by atoms with E-state index in [4.69, 9.17) is 0 Å². The minimum Gasteiger partial charge on any atom is -0.406 e. The van der Waals surface area contributed by atoms with Gasteiger partial charge in [-0.15, -0.1) is 13.2 Å². The van der Waals surface area contributed by atoms with E-state index in [-0.39, 0.29) is 23.5 Å². The Kier molecular flexibility index (Phi) is 5.80. The number of hydrogen-bond acceptors (Lipinski definition) is 5. The molecule has 2 rings (SSSR count). The highest BCUT2D eigenvalue weighted by molar-refractivity contribution is 7.89. The summed E-state index contributed by atoms with van der Waals surface area (Å²) in [6.07, 6.45) is -3.09. The van der Waals surface area contributed by atoms with E-state index in [0.29, 0.717) is 6.42 Å². The van der Waals surface area contributed by atoms with E-state index in [1.165, 1.54) is 23.0 Å². The summed E-state index contributed by atoms with van der Waals surface area (Å²) in [6.45, 7) is 0.257. The smallest absolute Gasteiger partial charge is 0.406 e. The lowest BCUT2D eigenvalue weighted by Crippen LogP contribution is -2.28. The van der Waals surface area contributed by atoms with Gasteiger partial charge >= 0.3 is 6.36 Å². The van der Waals surface area contributed by atoms with E-state index in [1.807, 2.05) is 0 Å². The fourth-order valence-corrected chi connectivity index (χ4v) is 2.97. The molecule has 0 atom stereocenters. The molecular formula is C14H14F3N3O4S. The zero-order valence-corrected chi connectivity index (χ0v) is 13.5. The van der Waals surface area contributed by atoms with E-state index in [0.717, 1.165) is 24.3 Å². The molecule has 0 aliphatic carbocycles. The third-order valence-corrected chi connectivity index (χ3v) is 4.47. The normalized spacial score (nSPS) is 12.1. The van der Waals surface area contributed by atoms with Gasteiger partial charge in [0.25, 0.3) is 5.56 Å². The Morgan fingerprint density at radius 3 is 2.44 bits per heavy atom. The molecule has 0 bridgehead atoms. The second-order valence-electron chi connectivity index (χ2n) is 4.86. The van der Waals surface area contributed by atoms with Crippen molar-refractivity contribution in [2.75, 3.05) is 6.54 Å². The summed E-state index contributed by atoms with van der Waals surface area (Å²) in [6, 6.07) is 6.67. The number of nitrogens with one attached hydrogen (secondary N) is 1. The highest BCUT2D eigenvalue weighted by atomic mass is 32.2. The van der Waals surface area contributed by atoms with Gasteiger partial charge in [-0.2, -0.15) is 5.10 Å². The second kappa shape index (κ2) is 7.66. The van der Waals surface area contributed by atoms with Crippen molar-refractivity contribution >= 4 is 10.0 Å². The number of alkyl halides is 3. The SMILES string of the molecule is O=c1cccnn1CCCNS(=O)(=O)c1ccc(OC(F)(F)F)cc1. The Morgan fingerprint density at radius 1 is 1.16 bits per heavy atom. The molecule has 1 heterocycles. The number of aromatic nitrogens is 2. The first-order valence-corrected chi connectivity index (χ1v) is 8.53. The van der Waals surface area contributed by atoms with Crippen molar-refractivity contribution in [1.29, 1.82) is 0 Å². The lowest BCUT2D eigenvalue weighted by atomic mass is 10.3. The standard InChI is InChI=1S/C14H14F3N3O4S/c15-14(16,17)24-11-4-6-12(7-5-11)25(22,23)19-9-2-10-20-13(21)3-1-8-18-20/h1,3-8,19H,2,9-10H2. The summed E-state index contributed by atoms with van der Waals surface area (Å²) in [7, 11) is -3.88. The largest absolute Gasteiger partial charge is 0.573 e. The molecule has 0 radical (unpaired) electrons. The lowest BCUT2D eigenvalue weighted by Gasteiger charge is -2.10. The minimum absolute atomic E-state index is 0.0339. The van der Waals surface area contributed by atoms with Crippen LogP contribution in [0.3, 0.4) is 0 Å². The molecule has 0 amide bonds. The summed E-state index contributed by atoms with van der Waals surface area (Å²) >= 11 is 0. The van der Waals surface area contributed by atoms with E-state index < -0.39 is 22.1 Å². The highest BCUT2D eigenvalue weighted by Gasteiger charge is 2.31. The van der Waals surface area contributed by atoms with Gasteiger partial charge in [0.2, 0.25) is 10.0 Å². The molecule has 1 N–H and O–H groups in total. The third kappa shape index (κ3) is 5.87. The number of sulfonamides is 1. The first kappa shape index (κ1) is 18.9. The van der Waals surface area contributed by atoms with Gasteiger partial charge in [0, 0.05) is 25.4 Å². The van der Waals surface area contributed by atoms with E-state index >= 15 is 0 Å². The first-order chi connectivity index (χ1) is 11.7. The van der Waals surface area contributed by atoms with Gasteiger partial charge in [-0.1, -0.05) is 0 Å². The van der Waals surface area contributed by atoms with Crippen molar-refractivity contribution in [2.24, 2.45) is 0 Å². The van der Waals surface area contributed by atoms with Crippen molar-refractivity contribution in [3.05, 3.63) is 52.9 Å². The van der Waals surface area contributed by atoms with Gasteiger partial charge in [0.05, 0.1) is 4.90 Å². The Morgan fingerprint density at radius 2 is 1.84 bits per heavy atom. The highest BCUT2D eigenvalue weighted by Crippen LogP contribution is 2.23. The Bertz CT molecular complexity index is 864. The van der Waals surface area contributed by atoms with Crippen LogP contribution < -0.4 is 15.0 Å². The zero-order valence-electron chi connectivity index (χ0n) is 12.7. The number of nitrogens with zero attached hydrogens (tertiary/aromatic N) is 2. The van der Waals surface area contributed by atoms with Crippen LogP contribution in [0.4, 0.5) is 13.2 Å². The molecule has 1 aromatic carbocycles. The molecule has 1 aromatic heterocycles. The molecular weight excluding hydrogens is 363 g/mol. The number of hydrogen-bond donors (Lipinski definition) is 1. The van der Waals surface area contributed by atoms with Gasteiger partial charge in [0.15, 0.2) is 0 Å². The maximum Gasteiger partial charge on any atom is 0.573 e. The van der Waals surface area contributed by atoms with Gasteiger partial charge in [-0.05, 0) is 36.8 Å². The van der Waals surface area contributed by atoms with Crippen LogP contribution in [0, 0.1) is 0 Å². The Labute approximate surface area is 141 Å². The van der Waals surface area contributed by atoms with E-state index in [9.17, 15) is 26.4 Å². The second-order valence-corrected chi connectivity index (χ2v) is 6.62. The van der Waals surface area contributed by atoms with Crippen LogP contribution in [0.1, 0.15) is 6.42 Å². The summed E-state index contributed by atoms with van der Waals surface area (Å²) in [5.74, 6) is -0.513. The number of rotatable bonds is 7. The molecule has 11 heteroatoms. The summed E-state index contributed by atoms with van der Waals surface area (Å²) in [5, 5.41) is 3.83. The molecule has 136 valence electrons. The molecule has 0 saturated heterocycles. The van der Waals surface area contributed by atoms with Crippen molar-refractivity contribution in [1.82, 2.24) is 14.5 Å². The predicted octanol–water partition coefficient (Wildman–Crippen LogP) is 1.51. The van der Waals surface area contributed by atoms with Crippen LogP contribution in [0.15, 0.2) is 52.3 Å². The molecule has 0 aliphatic rings. The van der Waals surface area contributed by atoms with Crippen LogP contribution >= 0.6 is 0 Å². The summed E-state index contributed by atoms with van der Waals surface area (Å²) < 4.78 is 67.5. The monoisotopic (exact) mass is 377 g/mol. The maximum atomic E-state index is 12.1. The molecule has 0 saturated carbocycles. The number of benzene rings is 1. The van der Waals surface area contributed by atoms with Gasteiger partial charge < -0.3 is 4.74 Å². The molecule has 0 aliphatic heterocycles. The fraction of sp³-hybridized carbons (Fsp3) is 0.286. The summed E-state index contributed by atoms with van der Waals surface area (Å²) in [4.78, 5) is 11.2. The first-order valence-electron chi connectivity index (χ1n) is 7.05. The lowest BCUT2D eigenvalue weighted by molar-refractivity contribution is -0.274. The molecule has 7 nitrogen and oxygen atoms in total. The van der Waals surface area contributed by atoms with Crippen molar-refractivity contribution in [2.45, 2.75) is 24.2 Å². The van der Waals surface area contributed by atoms with Crippen LogP contribution in [0.5, 0.6) is 5.75 Å². The molecule has 0 spiro atoms. The van der Waals surface area contributed by atoms with Crippen molar-refractivity contribution in [3.8, 4) is 5.75 Å². The quantitative estimate of drug-likeness (QED) is 0.739. The third-order valence-electron chi connectivity index (χ3n) is 2.99. The zero-order chi connectivity index (χ0) is 18.5. The van der Waals surface area contributed by atoms with Crippen LogP contribution in [0.25, 0.3) is 0 Å². The fourth-order valence-electron chi connectivity index (χ4n) is 1.89. The topological polar surface area (TPSA) is 90.3 Å². The van der Waals surface area contributed by atoms with E-state index in [2.05, 4.69) is 14.6 Å². The van der Waals surface area contributed by atoms with Crippen molar-refractivity contribution < 1.29 is 26.3 Å².